The first-order valence-electron chi connectivity index (χ1n) is 21.3. The molecule has 0 aliphatic carbocycles. The van der Waals surface area contributed by atoms with Crippen molar-refractivity contribution in [3.05, 3.63) is 218 Å². The van der Waals surface area contributed by atoms with E-state index in [-0.39, 0.29) is 0 Å². The van der Waals surface area contributed by atoms with Crippen molar-refractivity contribution in [1.29, 1.82) is 0 Å². The van der Waals surface area contributed by atoms with Gasteiger partial charge in [0.25, 0.3) is 0 Å². The molecule has 0 atom stereocenters. The van der Waals surface area contributed by atoms with Crippen molar-refractivity contribution < 1.29 is 0 Å². The SMILES string of the molecule is c1ccc(-c2nc(-c3ccccc3)nc(-c3cc(-n4c5ccccc5c5ccccc54)c(-n4c5ccccc5c5ccccc54)c(-n4c5ccccc5c5ccccc54)c3)n2)cc1. The number of hydrogen-bond donors (Lipinski definition) is 0. The largest absolute Gasteiger partial charge is 0.307 e. The normalized spacial score (nSPS) is 11.8. The van der Waals surface area contributed by atoms with Crippen LogP contribution in [0.15, 0.2) is 218 Å². The van der Waals surface area contributed by atoms with Crippen LogP contribution >= 0.6 is 0 Å². The lowest BCUT2D eigenvalue weighted by atomic mass is 10.1. The van der Waals surface area contributed by atoms with Crippen LogP contribution in [0.5, 0.6) is 0 Å². The molecule has 6 heteroatoms. The molecule has 9 aromatic carbocycles. The lowest BCUT2D eigenvalue weighted by molar-refractivity contribution is 1.04. The van der Waals surface area contributed by atoms with Gasteiger partial charge in [-0.3, -0.25) is 0 Å². The van der Waals surface area contributed by atoms with Crippen LogP contribution in [0, 0.1) is 0 Å². The van der Waals surface area contributed by atoms with Crippen LogP contribution in [0.4, 0.5) is 0 Å². The highest BCUT2D eigenvalue weighted by atomic mass is 15.1. The van der Waals surface area contributed by atoms with Crippen molar-refractivity contribution in [3.8, 4) is 51.2 Å². The Bertz CT molecular complexity index is 3560. The van der Waals surface area contributed by atoms with E-state index in [0.717, 1.165) is 66.9 Å². The predicted molar refractivity (Wildman–Crippen MR) is 259 cm³/mol. The highest BCUT2D eigenvalue weighted by molar-refractivity contribution is 6.13. The molecule has 0 saturated heterocycles. The van der Waals surface area contributed by atoms with E-state index in [1.54, 1.807) is 0 Å². The van der Waals surface area contributed by atoms with Crippen LogP contribution < -0.4 is 0 Å². The van der Waals surface area contributed by atoms with Crippen LogP contribution in [-0.2, 0) is 0 Å². The predicted octanol–water partition coefficient (Wildman–Crippen LogP) is 14.2. The zero-order chi connectivity index (χ0) is 41.4. The van der Waals surface area contributed by atoms with E-state index in [9.17, 15) is 0 Å². The third-order valence-electron chi connectivity index (χ3n) is 12.5. The molecule has 0 aliphatic heterocycles. The molecule has 4 aromatic heterocycles. The molecule has 4 heterocycles. The number of fused-ring (bicyclic) bond motifs is 9. The molecule has 0 radical (unpaired) electrons. The van der Waals surface area contributed by atoms with Gasteiger partial charge in [0.15, 0.2) is 17.5 Å². The average Bonchev–Trinajstić information content (AvgIpc) is 4.00. The first-order valence-corrected chi connectivity index (χ1v) is 21.3. The molecule has 13 rings (SSSR count). The maximum atomic E-state index is 5.34. The average molecular weight is 805 g/mol. The van der Waals surface area contributed by atoms with Gasteiger partial charge < -0.3 is 13.7 Å². The van der Waals surface area contributed by atoms with Crippen molar-refractivity contribution in [2.24, 2.45) is 0 Å². The minimum absolute atomic E-state index is 0.584. The summed E-state index contributed by atoms with van der Waals surface area (Å²) >= 11 is 0. The summed E-state index contributed by atoms with van der Waals surface area (Å²) in [6.07, 6.45) is 0. The van der Waals surface area contributed by atoms with Crippen LogP contribution in [0.1, 0.15) is 0 Å². The fourth-order valence-electron chi connectivity index (χ4n) is 9.77. The van der Waals surface area contributed by atoms with Gasteiger partial charge in [-0.1, -0.05) is 170 Å². The fourth-order valence-corrected chi connectivity index (χ4v) is 9.77. The van der Waals surface area contributed by atoms with Gasteiger partial charge in [-0.25, -0.2) is 15.0 Å². The molecule has 0 saturated carbocycles. The topological polar surface area (TPSA) is 53.5 Å². The zero-order valence-electron chi connectivity index (χ0n) is 34.0. The van der Waals surface area contributed by atoms with Crippen molar-refractivity contribution in [2.45, 2.75) is 0 Å². The van der Waals surface area contributed by atoms with E-state index in [4.69, 9.17) is 15.0 Å². The third-order valence-corrected chi connectivity index (χ3v) is 12.5. The van der Waals surface area contributed by atoms with E-state index in [2.05, 4.69) is 196 Å². The highest BCUT2D eigenvalue weighted by Gasteiger charge is 2.27. The van der Waals surface area contributed by atoms with E-state index in [0.29, 0.717) is 17.5 Å². The Kier molecular flexibility index (Phi) is 7.80. The van der Waals surface area contributed by atoms with Crippen molar-refractivity contribution >= 4 is 65.4 Å². The van der Waals surface area contributed by atoms with Crippen molar-refractivity contribution in [1.82, 2.24) is 28.7 Å². The maximum absolute atomic E-state index is 5.34. The summed E-state index contributed by atoms with van der Waals surface area (Å²) in [6, 6.07) is 77.5. The quantitative estimate of drug-likeness (QED) is 0.168. The zero-order valence-corrected chi connectivity index (χ0v) is 34.0. The molecule has 13 aromatic rings. The number of benzene rings is 9. The lowest BCUT2D eigenvalue weighted by Gasteiger charge is -2.23. The highest BCUT2D eigenvalue weighted by Crippen LogP contribution is 2.44. The van der Waals surface area contributed by atoms with Crippen LogP contribution in [-0.4, -0.2) is 28.7 Å². The Labute approximate surface area is 362 Å². The summed E-state index contributed by atoms with van der Waals surface area (Å²) in [5, 5.41) is 7.11. The third kappa shape index (κ3) is 5.41. The molecule has 0 fully saturated rings. The molecule has 63 heavy (non-hydrogen) atoms. The second-order valence-corrected chi connectivity index (χ2v) is 16.0. The van der Waals surface area contributed by atoms with Gasteiger partial charge in [0.2, 0.25) is 0 Å². The van der Waals surface area contributed by atoms with Crippen LogP contribution in [0.2, 0.25) is 0 Å². The van der Waals surface area contributed by atoms with E-state index < -0.39 is 0 Å². The van der Waals surface area contributed by atoms with Gasteiger partial charge in [0, 0.05) is 49.0 Å². The monoisotopic (exact) mass is 804 g/mol. The molecule has 0 amide bonds. The minimum Gasteiger partial charge on any atom is -0.307 e. The Balaban J connectivity index is 1.26. The second kappa shape index (κ2) is 14.0. The Hall–Kier alpha value is -8.61. The molecule has 294 valence electrons. The summed E-state index contributed by atoms with van der Waals surface area (Å²) in [5.74, 6) is 1.81. The summed E-state index contributed by atoms with van der Waals surface area (Å²) in [7, 11) is 0. The number of aromatic nitrogens is 6. The first kappa shape index (κ1) is 35.2. The lowest BCUT2D eigenvalue weighted by Crippen LogP contribution is -2.10. The fraction of sp³-hybridized carbons (Fsp3) is 0. The van der Waals surface area contributed by atoms with Crippen LogP contribution in [0.25, 0.3) is 117 Å². The molecule has 0 aliphatic rings. The van der Waals surface area contributed by atoms with E-state index in [1.165, 1.54) is 32.3 Å². The van der Waals surface area contributed by atoms with Gasteiger partial charge in [-0.15, -0.1) is 0 Å². The van der Waals surface area contributed by atoms with Gasteiger partial charge >= 0.3 is 0 Å². The van der Waals surface area contributed by atoms with E-state index >= 15 is 0 Å². The Morgan fingerprint density at radius 3 is 0.810 bits per heavy atom. The Morgan fingerprint density at radius 1 is 0.238 bits per heavy atom. The smallest absolute Gasteiger partial charge is 0.164 e. The first-order chi connectivity index (χ1) is 31.3. The molecular formula is C57H36N6. The summed E-state index contributed by atoms with van der Waals surface area (Å²) < 4.78 is 7.37. The summed E-state index contributed by atoms with van der Waals surface area (Å²) in [4.78, 5) is 15.8. The van der Waals surface area contributed by atoms with Crippen LogP contribution in [0.3, 0.4) is 0 Å². The molecular weight excluding hydrogens is 769 g/mol. The molecule has 0 unspecified atom stereocenters. The van der Waals surface area contributed by atoms with Gasteiger partial charge in [-0.2, -0.15) is 0 Å². The van der Waals surface area contributed by atoms with Gasteiger partial charge in [-0.05, 0) is 48.5 Å². The molecule has 0 N–H and O–H groups in total. The molecule has 6 nitrogen and oxygen atoms in total. The van der Waals surface area contributed by atoms with Gasteiger partial charge in [0.05, 0.1) is 50.2 Å². The van der Waals surface area contributed by atoms with Crippen molar-refractivity contribution in [2.75, 3.05) is 0 Å². The van der Waals surface area contributed by atoms with E-state index in [1.807, 2.05) is 36.4 Å². The van der Waals surface area contributed by atoms with Gasteiger partial charge in [0.1, 0.15) is 0 Å². The number of para-hydroxylation sites is 6. The summed E-state index contributed by atoms with van der Waals surface area (Å²) in [6.45, 7) is 0. The van der Waals surface area contributed by atoms with Crippen molar-refractivity contribution in [3.63, 3.8) is 0 Å². The molecule has 0 bridgehead atoms. The minimum atomic E-state index is 0.584. The number of rotatable bonds is 6. The second-order valence-electron chi connectivity index (χ2n) is 16.0. The number of hydrogen-bond acceptors (Lipinski definition) is 3. The Morgan fingerprint density at radius 2 is 0.492 bits per heavy atom. The maximum Gasteiger partial charge on any atom is 0.164 e. The molecule has 0 spiro atoms. The standard InChI is InChI=1S/C57H36N6/c1-3-19-37(20-4-1)55-58-56(38-21-5-2-6-22-38)60-57(59-55)39-35-52(61-46-29-13-7-23-40(46)41-24-8-14-30-47(41)61)54(63-50-33-17-11-27-44(50)45-28-12-18-34-51(45)63)53(36-39)62-48-31-15-9-25-42(48)43-26-10-16-32-49(43)62/h1-36H. The number of nitrogens with zero attached hydrogens (tertiary/aromatic N) is 6. The summed E-state index contributed by atoms with van der Waals surface area (Å²) in [5.41, 5.74) is 12.4.